The van der Waals surface area contributed by atoms with Gasteiger partial charge in [-0.1, -0.05) is 0 Å². The average molecular weight is 391 g/mol. The van der Waals surface area contributed by atoms with Crippen LogP contribution in [-0.4, -0.2) is 21.0 Å². The SMILES string of the molecule is CCOc1ccc(-n2cc(-c3cn(C)nc3C(F)(F)F)c(C)cc2=O)c(C)c1. The van der Waals surface area contributed by atoms with Crippen molar-refractivity contribution in [3.63, 3.8) is 0 Å². The molecule has 0 N–H and O–H groups in total. The van der Waals surface area contributed by atoms with Gasteiger partial charge in [0, 0.05) is 36.6 Å². The number of halogens is 3. The number of hydrogen-bond acceptors (Lipinski definition) is 3. The van der Waals surface area contributed by atoms with Crippen molar-refractivity contribution < 1.29 is 17.9 Å². The maximum Gasteiger partial charge on any atom is 0.435 e. The second kappa shape index (κ2) is 7.18. The van der Waals surface area contributed by atoms with Gasteiger partial charge in [-0.25, -0.2) is 0 Å². The minimum absolute atomic E-state index is 0.0650. The molecule has 5 nitrogen and oxygen atoms in total. The van der Waals surface area contributed by atoms with Gasteiger partial charge in [0.05, 0.1) is 12.3 Å². The number of pyridine rings is 1. The third kappa shape index (κ3) is 3.67. The number of rotatable bonds is 4. The van der Waals surface area contributed by atoms with Gasteiger partial charge in [0.1, 0.15) is 5.75 Å². The molecule has 8 heteroatoms. The Kier molecular flexibility index (Phi) is 5.06. The van der Waals surface area contributed by atoms with Crippen LogP contribution in [0.2, 0.25) is 0 Å². The third-order valence-corrected chi connectivity index (χ3v) is 4.39. The molecule has 0 aliphatic heterocycles. The van der Waals surface area contributed by atoms with Crippen molar-refractivity contribution in [1.82, 2.24) is 14.3 Å². The maximum absolute atomic E-state index is 13.4. The summed E-state index contributed by atoms with van der Waals surface area (Å²) in [5.41, 5.74) is 0.719. The molecule has 1 aromatic carbocycles. The molecule has 0 saturated carbocycles. The van der Waals surface area contributed by atoms with E-state index in [4.69, 9.17) is 4.74 Å². The normalized spacial score (nSPS) is 11.7. The third-order valence-electron chi connectivity index (χ3n) is 4.39. The van der Waals surface area contributed by atoms with Gasteiger partial charge >= 0.3 is 6.18 Å². The Hall–Kier alpha value is -3.03. The van der Waals surface area contributed by atoms with Crippen LogP contribution < -0.4 is 10.3 Å². The summed E-state index contributed by atoms with van der Waals surface area (Å²) < 4.78 is 48.1. The summed E-state index contributed by atoms with van der Waals surface area (Å²) in [7, 11) is 1.43. The lowest BCUT2D eigenvalue weighted by atomic mass is 10.0. The molecular formula is C20H20F3N3O2. The highest BCUT2D eigenvalue weighted by molar-refractivity contribution is 5.69. The molecule has 0 bridgehead atoms. The van der Waals surface area contributed by atoms with E-state index in [2.05, 4.69) is 5.10 Å². The average Bonchev–Trinajstić information content (AvgIpc) is 2.98. The predicted molar refractivity (Wildman–Crippen MR) is 99.9 cm³/mol. The van der Waals surface area contributed by atoms with Crippen molar-refractivity contribution in [3.8, 4) is 22.6 Å². The monoisotopic (exact) mass is 391 g/mol. The van der Waals surface area contributed by atoms with Crippen LogP contribution in [0.4, 0.5) is 13.2 Å². The van der Waals surface area contributed by atoms with Gasteiger partial charge in [-0.05, 0) is 50.1 Å². The second-order valence-electron chi connectivity index (χ2n) is 6.52. The number of ether oxygens (including phenoxy) is 1. The van der Waals surface area contributed by atoms with Gasteiger partial charge in [0.15, 0.2) is 5.69 Å². The Balaban J connectivity index is 2.20. The number of benzene rings is 1. The quantitative estimate of drug-likeness (QED) is 0.667. The molecular weight excluding hydrogens is 371 g/mol. The summed E-state index contributed by atoms with van der Waals surface area (Å²) in [5.74, 6) is 0.663. The maximum atomic E-state index is 13.4. The fourth-order valence-corrected chi connectivity index (χ4v) is 3.15. The smallest absolute Gasteiger partial charge is 0.435 e. The van der Waals surface area contributed by atoms with Gasteiger partial charge in [-0.2, -0.15) is 18.3 Å². The van der Waals surface area contributed by atoms with E-state index in [0.29, 0.717) is 29.2 Å². The van der Waals surface area contributed by atoms with Gasteiger partial charge in [0.25, 0.3) is 5.56 Å². The standard InChI is InChI=1S/C20H20F3N3O2/c1-5-28-14-6-7-17(13(3)8-14)26-11-15(12(2)9-18(26)27)16-10-25(4)24-19(16)20(21,22)23/h6-11H,5H2,1-4H3. The van der Waals surface area contributed by atoms with Crippen LogP contribution in [0.5, 0.6) is 5.75 Å². The molecule has 0 aliphatic carbocycles. The van der Waals surface area contributed by atoms with Crippen LogP contribution in [0, 0.1) is 13.8 Å². The molecule has 0 atom stereocenters. The molecule has 0 spiro atoms. The highest BCUT2D eigenvalue weighted by Gasteiger charge is 2.37. The van der Waals surface area contributed by atoms with E-state index in [1.165, 1.54) is 30.1 Å². The Labute approximate surface area is 160 Å². The molecule has 2 heterocycles. The molecule has 28 heavy (non-hydrogen) atoms. The predicted octanol–water partition coefficient (Wildman–Crippen LogP) is 4.27. The van der Waals surface area contributed by atoms with Crippen LogP contribution in [0.1, 0.15) is 23.7 Å². The van der Waals surface area contributed by atoms with Crippen LogP contribution in [0.15, 0.2) is 41.5 Å². The first-order chi connectivity index (χ1) is 13.1. The summed E-state index contributed by atoms with van der Waals surface area (Å²) in [6, 6.07) is 6.56. The van der Waals surface area contributed by atoms with E-state index in [9.17, 15) is 18.0 Å². The molecule has 148 valence electrons. The van der Waals surface area contributed by atoms with Crippen LogP contribution in [0.25, 0.3) is 16.8 Å². The van der Waals surface area contributed by atoms with E-state index < -0.39 is 11.9 Å². The summed E-state index contributed by atoms with van der Waals surface area (Å²) in [6.07, 6.45) is -1.85. The van der Waals surface area contributed by atoms with Gasteiger partial charge in [-0.3, -0.25) is 14.0 Å². The first-order valence-electron chi connectivity index (χ1n) is 8.70. The van der Waals surface area contributed by atoms with E-state index in [-0.39, 0.29) is 11.1 Å². The molecule has 3 aromatic rings. The minimum atomic E-state index is -4.60. The van der Waals surface area contributed by atoms with Crippen molar-refractivity contribution >= 4 is 0 Å². The second-order valence-corrected chi connectivity index (χ2v) is 6.52. The summed E-state index contributed by atoms with van der Waals surface area (Å²) >= 11 is 0. The van der Waals surface area contributed by atoms with Crippen molar-refractivity contribution in [2.24, 2.45) is 7.05 Å². The zero-order valence-electron chi connectivity index (χ0n) is 16.0. The van der Waals surface area contributed by atoms with Crippen molar-refractivity contribution in [3.05, 3.63) is 63.8 Å². The molecule has 3 rings (SSSR count). The number of aryl methyl sites for hydroxylation is 3. The lowest BCUT2D eigenvalue weighted by molar-refractivity contribution is -0.140. The largest absolute Gasteiger partial charge is 0.494 e. The molecule has 0 amide bonds. The summed E-state index contributed by atoms with van der Waals surface area (Å²) in [5, 5.41) is 3.56. The lowest BCUT2D eigenvalue weighted by Gasteiger charge is -2.15. The molecule has 0 radical (unpaired) electrons. The molecule has 2 aromatic heterocycles. The van der Waals surface area contributed by atoms with Crippen LogP contribution in [-0.2, 0) is 13.2 Å². The Morgan fingerprint density at radius 3 is 2.39 bits per heavy atom. The zero-order valence-corrected chi connectivity index (χ0v) is 16.0. The Morgan fingerprint density at radius 2 is 1.79 bits per heavy atom. The topological polar surface area (TPSA) is 49.0 Å². The molecule has 0 unspecified atom stereocenters. The van der Waals surface area contributed by atoms with E-state index in [1.807, 2.05) is 13.8 Å². The van der Waals surface area contributed by atoms with E-state index in [1.54, 1.807) is 25.1 Å². The van der Waals surface area contributed by atoms with Crippen molar-refractivity contribution in [2.75, 3.05) is 6.61 Å². The van der Waals surface area contributed by atoms with E-state index >= 15 is 0 Å². The lowest BCUT2D eigenvalue weighted by Crippen LogP contribution is -2.19. The first kappa shape index (κ1) is 19.7. The number of alkyl halides is 3. The van der Waals surface area contributed by atoms with Gasteiger partial charge < -0.3 is 4.74 Å². The zero-order chi connectivity index (χ0) is 20.6. The highest BCUT2D eigenvalue weighted by Crippen LogP contribution is 2.37. The highest BCUT2D eigenvalue weighted by atomic mass is 19.4. The number of nitrogens with zero attached hydrogens (tertiary/aromatic N) is 3. The van der Waals surface area contributed by atoms with Crippen LogP contribution >= 0.6 is 0 Å². The fourth-order valence-electron chi connectivity index (χ4n) is 3.15. The summed E-state index contributed by atoms with van der Waals surface area (Å²) in [4.78, 5) is 12.6. The van der Waals surface area contributed by atoms with Crippen molar-refractivity contribution in [2.45, 2.75) is 26.9 Å². The first-order valence-corrected chi connectivity index (χ1v) is 8.70. The summed E-state index contributed by atoms with van der Waals surface area (Å²) in [6.45, 7) is 5.80. The molecule has 0 fully saturated rings. The Morgan fingerprint density at radius 1 is 1.07 bits per heavy atom. The number of hydrogen-bond donors (Lipinski definition) is 0. The minimum Gasteiger partial charge on any atom is -0.494 e. The van der Waals surface area contributed by atoms with Crippen molar-refractivity contribution in [1.29, 1.82) is 0 Å². The van der Waals surface area contributed by atoms with E-state index in [0.717, 1.165) is 10.2 Å². The number of aromatic nitrogens is 3. The van der Waals surface area contributed by atoms with Gasteiger partial charge in [0.2, 0.25) is 0 Å². The fraction of sp³-hybridized carbons (Fsp3) is 0.300. The van der Waals surface area contributed by atoms with Crippen LogP contribution in [0.3, 0.4) is 0 Å². The van der Waals surface area contributed by atoms with Gasteiger partial charge in [-0.15, -0.1) is 0 Å². The molecule has 0 aliphatic rings. The molecule has 0 saturated heterocycles. The Bertz CT molecular complexity index is 1080.